The Balaban J connectivity index is 1.77. The monoisotopic (exact) mass is 301 g/mol. The zero-order valence-electron chi connectivity index (χ0n) is 11.6. The summed E-state index contributed by atoms with van der Waals surface area (Å²) < 4.78 is 3.91. The van der Waals surface area contributed by atoms with Gasteiger partial charge in [-0.05, 0) is 49.0 Å². The first-order valence-corrected chi connectivity index (χ1v) is 7.59. The maximum Gasteiger partial charge on any atom is 0.258 e. The molecule has 0 saturated heterocycles. The summed E-state index contributed by atoms with van der Waals surface area (Å²) in [4.78, 5) is 24.1. The van der Waals surface area contributed by atoms with Crippen LogP contribution in [-0.2, 0) is 0 Å². The number of nitrogens with one attached hydrogen (secondary N) is 2. The molecule has 1 saturated carbocycles. The SMILES string of the molecule is Cc1ccc(C(=O)NC2CC2)cc1NC(=O)c1cnsc1. The molecule has 0 spiro atoms. The number of rotatable bonds is 4. The quantitative estimate of drug-likeness (QED) is 0.912. The first-order chi connectivity index (χ1) is 10.1. The van der Waals surface area contributed by atoms with Crippen molar-refractivity contribution in [2.24, 2.45) is 0 Å². The van der Waals surface area contributed by atoms with Crippen molar-refractivity contribution in [1.82, 2.24) is 9.69 Å². The molecule has 1 aromatic carbocycles. The first kappa shape index (κ1) is 13.8. The Bertz CT molecular complexity index is 678. The van der Waals surface area contributed by atoms with Crippen LogP contribution < -0.4 is 10.6 Å². The second kappa shape index (κ2) is 5.65. The number of benzene rings is 1. The molecule has 2 aromatic rings. The van der Waals surface area contributed by atoms with Crippen molar-refractivity contribution in [2.45, 2.75) is 25.8 Å². The number of carbonyl (C=O) groups is 2. The van der Waals surface area contributed by atoms with Crippen LogP contribution in [0.3, 0.4) is 0 Å². The van der Waals surface area contributed by atoms with Crippen LogP contribution in [-0.4, -0.2) is 22.2 Å². The van der Waals surface area contributed by atoms with Gasteiger partial charge in [0.25, 0.3) is 11.8 Å². The number of aryl methyl sites for hydroxylation is 1. The lowest BCUT2D eigenvalue weighted by Crippen LogP contribution is -2.25. The van der Waals surface area contributed by atoms with Crippen LogP contribution in [0.5, 0.6) is 0 Å². The second-order valence-electron chi connectivity index (χ2n) is 5.14. The van der Waals surface area contributed by atoms with Crippen LogP contribution in [0.4, 0.5) is 5.69 Å². The maximum atomic E-state index is 12.1. The molecule has 0 atom stereocenters. The van der Waals surface area contributed by atoms with Gasteiger partial charge >= 0.3 is 0 Å². The van der Waals surface area contributed by atoms with Gasteiger partial charge in [0.15, 0.2) is 0 Å². The van der Waals surface area contributed by atoms with E-state index in [4.69, 9.17) is 0 Å². The summed E-state index contributed by atoms with van der Waals surface area (Å²) in [6.07, 6.45) is 3.62. The van der Waals surface area contributed by atoms with Gasteiger partial charge in [0.1, 0.15) is 0 Å². The summed E-state index contributed by atoms with van der Waals surface area (Å²) in [5.41, 5.74) is 2.64. The van der Waals surface area contributed by atoms with E-state index in [9.17, 15) is 9.59 Å². The summed E-state index contributed by atoms with van der Waals surface area (Å²) >= 11 is 1.23. The molecule has 3 rings (SSSR count). The highest BCUT2D eigenvalue weighted by atomic mass is 32.1. The van der Waals surface area contributed by atoms with Gasteiger partial charge in [0, 0.05) is 22.7 Å². The Morgan fingerprint density at radius 3 is 2.71 bits per heavy atom. The average molecular weight is 301 g/mol. The third-order valence-corrected chi connectivity index (χ3v) is 3.94. The predicted octanol–water partition coefficient (Wildman–Crippen LogP) is 2.60. The molecule has 1 aromatic heterocycles. The zero-order chi connectivity index (χ0) is 14.8. The fraction of sp³-hybridized carbons (Fsp3) is 0.267. The van der Waals surface area contributed by atoms with E-state index in [1.807, 2.05) is 13.0 Å². The summed E-state index contributed by atoms with van der Waals surface area (Å²) in [6, 6.07) is 5.64. The zero-order valence-corrected chi connectivity index (χ0v) is 12.4. The second-order valence-corrected chi connectivity index (χ2v) is 5.80. The van der Waals surface area contributed by atoms with Gasteiger partial charge in [0.05, 0.1) is 11.8 Å². The molecule has 1 aliphatic carbocycles. The molecule has 5 nitrogen and oxygen atoms in total. The van der Waals surface area contributed by atoms with Gasteiger partial charge in [-0.15, -0.1) is 0 Å². The third kappa shape index (κ3) is 3.28. The van der Waals surface area contributed by atoms with Gasteiger partial charge < -0.3 is 10.6 Å². The van der Waals surface area contributed by atoms with Crippen molar-refractivity contribution in [3.8, 4) is 0 Å². The summed E-state index contributed by atoms with van der Waals surface area (Å²) in [6.45, 7) is 1.89. The molecule has 0 aliphatic heterocycles. The molecule has 108 valence electrons. The van der Waals surface area contributed by atoms with Gasteiger partial charge in [-0.25, -0.2) is 4.37 Å². The van der Waals surface area contributed by atoms with Crippen molar-refractivity contribution in [3.63, 3.8) is 0 Å². The van der Waals surface area contributed by atoms with Crippen molar-refractivity contribution in [3.05, 3.63) is 46.5 Å². The number of aromatic nitrogens is 1. The number of carbonyl (C=O) groups excluding carboxylic acids is 2. The Hall–Kier alpha value is -2.21. The van der Waals surface area contributed by atoms with Crippen molar-refractivity contribution < 1.29 is 9.59 Å². The van der Waals surface area contributed by atoms with E-state index in [-0.39, 0.29) is 11.8 Å². The predicted molar refractivity (Wildman–Crippen MR) is 81.7 cm³/mol. The number of hydrogen-bond donors (Lipinski definition) is 2. The van der Waals surface area contributed by atoms with Crippen molar-refractivity contribution in [2.75, 3.05) is 5.32 Å². The number of hydrogen-bond acceptors (Lipinski definition) is 4. The highest BCUT2D eigenvalue weighted by Gasteiger charge is 2.24. The van der Waals surface area contributed by atoms with Crippen LogP contribution in [0.25, 0.3) is 0 Å². The molecular weight excluding hydrogens is 286 g/mol. The Labute approximate surface area is 126 Å². The van der Waals surface area contributed by atoms with Gasteiger partial charge in [-0.2, -0.15) is 0 Å². The lowest BCUT2D eigenvalue weighted by molar-refractivity contribution is 0.0949. The van der Waals surface area contributed by atoms with Gasteiger partial charge in [-0.3, -0.25) is 9.59 Å². The minimum Gasteiger partial charge on any atom is -0.349 e. The van der Waals surface area contributed by atoms with Crippen molar-refractivity contribution in [1.29, 1.82) is 0 Å². The number of amides is 2. The highest BCUT2D eigenvalue weighted by Crippen LogP contribution is 2.21. The minimum absolute atomic E-state index is 0.0924. The van der Waals surface area contributed by atoms with E-state index in [1.165, 1.54) is 17.7 Å². The standard InChI is InChI=1S/C15H15N3O2S/c1-9-2-3-10(14(19)17-12-4-5-12)6-13(9)18-15(20)11-7-16-21-8-11/h2-3,6-8,12H,4-5H2,1H3,(H,17,19)(H,18,20). The van der Waals surface area contributed by atoms with Crippen molar-refractivity contribution >= 4 is 29.0 Å². The summed E-state index contributed by atoms with van der Waals surface area (Å²) in [7, 11) is 0. The molecule has 0 unspecified atom stereocenters. The third-order valence-electron chi connectivity index (χ3n) is 3.36. The van der Waals surface area contributed by atoms with E-state index in [0.29, 0.717) is 22.9 Å². The Morgan fingerprint density at radius 2 is 2.05 bits per heavy atom. The maximum absolute atomic E-state index is 12.1. The molecule has 1 heterocycles. The van der Waals surface area contributed by atoms with Crippen LogP contribution in [0.2, 0.25) is 0 Å². The fourth-order valence-electron chi connectivity index (χ4n) is 1.91. The molecule has 1 fully saturated rings. The van der Waals surface area contributed by atoms with E-state index in [0.717, 1.165) is 18.4 Å². The smallest absolute Gasteiger partial charge is 0.258 e. The van der Waals surface area contributed by atoms with Crippen LogP contribution >= 0.6 is 11.5 Å². The lowest BCUT2D eigenvalue weighted by atomic mass is 10.1. The Kier molecular flexibility index (Phi) is 3.70. The lowest BCUT2D eigenvalue weighted by Gasteiger charge is -2.10. The van der Waals surface area contributed by atoms with Gasteiger partial charge in [0.2, 0.25) is 0 Å². The van der Waals surface area contributed by atoms with Crippen LogP contribution in [0.1, 0.15) is 39.1 Å². The summed E-state index contributed by atoms with van der Waals surface area (Å²) in [5, 5.41) is 7.45. The molecule has 6 heteroatoms. The largest absolute Gasteiger partial charge is 0.349 e. The van der Waals surface area contributed by atoms with E-state index in [2.05, 4.69) is 15.0 Å². The first-order valence-electron chi connectivity index (χ1n) is 6.76. The van der Waals surface area contributed by atoms with Crippen LogP contribution in [0.15, 0.2) is 29.8 Å². The molecule has 1 aliphatic rings. The Morgan fingerprint density at radius 1 is 1.24 bits per heavy atom. The molecule has 2 N–H and O–H groups in total. The average Bonchev–Trinajstić information content (AvgIpc) is 3.10. The van der Waals surface area contributed by atoms with E-state index >= 15 is 0 Å². The fourth-order valence-corrected chi connectivity index (χ4v) is 2.42. The summed E-state index contributed by atoms with van der Waals surface area (Å²) in [5.74, 6) is -0.309. The normalized spacial score (nSPS) is 13.8. The van der Waals surface area contributed by atoms with E-state index < -0.39 is 0 Å². The topological polar surface area (TPSA) is 71.1 Å². The molecule has 0 radical (unpaired) electrons. The number of anilines is 1. The molecule has 2 amide bonds. The molecule has 21 heavy (non-hydrogen) atoms. The molecule has 0 bridgehead atoms. The number of nitrogens with zero attached hydrogens (tertiary/aromatic N) is 1. The highest BCUT2D eigenvalue weighted by molar-refractivity contribution is 7.03. The minimum atomic E-state index is -0.216. The van der Waals surface area contributed by atoms with Crippen LogP contribution in [0, 0.1) is 6.92 Å². The van der Waals surface area contributed by atoms with E-state index in [1.54, 1.807) is 17.5 Å². The van der Waals surface area contributed by atoms with Gasteiger partial charge in [-0.1, -0.05) is 6.07 Å². The molecular formula is C15H15N3O2S.